The zero-order valence-corrected chi connectivity index (χ0v) is 18.0. The van der Waals surface area contributed by atoms with Crippen molar-refractivity contribution in [2.75, 3.05) is 18.5 Å². The smallest absolute Gasteiger partial charge is 0.145 e. The van der Waals surface area contributed by atoms with Crippen molar-refractivity contribution in [3.05, 3.63) is 77.8 Å². The first-order valence-electron chi connectivity index (χ1n) is 10.3. The van der Waals surface area contributed by atoms with Crippen molar-refractivity contribution >= 4 is 34.0 Å². The predicted octanol–water partition coefficient (Wildman–Crippen LogP) is 5.17. The van der Waals surface area contributed by atoms with E-state index in [1.54, 1.807) is 12.3 Å². The molecule has 0 radical (unpaired) electrons. The maximum atomic E-state index is 6.47. The highest BCUT2D eigenvalue weighted by Crippen LogP contribution is 2.34. The Morgan fingerprint density at radius 1 is 1.03 bits per heavy atom. The van der Waals surface area contributed by atoms with E-state index < -0.39 is 0 Å². The van der Waals surface area contributed by atoms with E-state index >= 15 is 0 Å². The molecule has 0 aliphatic carbocycles. The Kier molecular flexibility index (Phi) is 6.00. The fraction of sp³-hybridized carbons (Fsp3) is 0.208. The maximum absolute atomic E-state index is 6.47. The molecule has 1 saturated heterocycles. The van der Waals surface area contributed by atoms with Crippen LogP contribution in [0.5, 0.6) is 11.5 Å². The van der Waals surface area contributed by atoms with E-state index in [4.69, 9.17) is 25.8 Å². The summed E-state index contributed by atoms with van der Waals surface area (Å²) in [5.41, 5.74) is 2.40. The van der Waals surface area contributed by atoms with Crippen LogP contribution < -0.4 is 14.8 Å². The minimum atomic E-state index is 0.0265. The van der Waals surface area contributed by atoms with Gasteiger partial charge in [-0.15, -0.1) is 0 Å². The minimum Gasteiger partial charge on any atom is -0.487 e. The van der Waals surface area contributed by atoms with Gasteiger partial charge in [-0.25, -0.2) is 9.97 Å². The first-order chi connectivity index (χ1) is 15.8. The fourth-order valence-electron chi connectivity index (χ4n) is 3.52. The molecule has 0 bridgehead atoms. The van der Waals surface area contributed by atoms with Gasteiger partial charge in [-0.05, 0) is 42.5 Å². The number of rotatable bonds is 7. The van der Waals surface area contributed by atoms with E-state index in [-0.39, 0.29) is 6.10 Å². The van der Waals surface area contributed by atoms with Crippen LogP contribution in [0.4, 0.5) is 11.5 Å². The Morgan fingerprint density at radius 2 is 2.00 bits per heavy atom. The highest BCUT2D eigenvalue weighted by atomic mass is 35.5. The number of aromatic nitrogens is 3. The van der Waals surface area contributed by atoms with E-state index in [0.29, 0.717) is 36.4 Å². The number of fused-ring (bicyclic) bond motifs is 1. The molecule has 1 unspecified atom stereocenters. The van der Waals surface area contributed by atoms with Crippen molar-refractivity contribution in [3.63, 3.8) is 0 Å². The van der Waals surface area contributed by atoms with Gasteiger partial charge in [0.25, 0.3) is 0 Å². The third-order valence-electron chi connectivity index (χ3n) is 5.10. The lowest BCUT2D eigenvalue weighted by atomic mass is 10.2. The normalized spacial score (nSPS) is 15.6. The zero-order chi connectivity index (χ0) is 21.8. The van der Waals surface area contributed by atoms with Crippen molar-refractivity contribution in [3.8, 4) is 11.5 Å². The van der Waals surface area contributed by atoms with Crippen LogP contribution in [-0.2, 0) is 11.3 Å². The average Bonchev–Trinajstić information content (AvgIpc) is 3.33. The van der Waals surface area contributed by atoms with Gasteiger partial charge in [-0.2, -0.15) is 0 Å². The molecule has 1 fully saturated rings. The van der Waals surface area contributed by atoms with Gasteiger partial charge >= 0.3 is 0 Å². The number of anilines is 2. The topological polar surface area (TPSA) is 78.4 Å². The van der Waals surface area contributed by atoms with Gasteiger partial charge in [-0.3, -0.25) is 4.98 Å². The molecule has 1 N–H and O–H groups in total. The second-order valence-electron chi connectivity index (χ2n) is 7.36. The highest BCUT2D eigenvalue weighted by molar-refractivity contribution is 6.32. The Labute approximate surface area is 190 Å². The summed E-state index contributed by atoms with van der Waals surface area (Å²) in [6.45, 7) is 1.64. The summed E-state index contributed by atoms with van der Waals surface area (Å²) in [5.74, 6) is 1.95. The maximum Gasteiger partial charge on any atom is 0.145 e. The molecule has 7 nitrogen and oxygen atoms in total. The summed E-state index contributed by atoms with van der Waals surface area (Å²) >= 11 is 6.47. The average molecular weight is 449 g/mol. The molecule has 4 aromatic rings. The number of benzene rings is 2. The summed E-state index contributed by atoms with van der Waals surface area (Å²) in [4.78, 5) is 13.1. The Bertz CT molecular complexity index is 1210. The van der Waals surface area contributed by atoms with Gasteiger partial charge < -0.3 is 19.5 Å². The van der Waals surface area contributed by atoms with Crippen LogP contribution in [0.15, 0.2) is 67.1 Å². The van der Waals surface area contributed by atoms with Crippen LogP contribution in [0, 0.1) is 0 Å². The van der Waals surface area contributed by atoms with E-state index in [9.17, 15) is 0 Å². The molecule has 1 aliphatic heterocycles. The van der Waals surface area contributed by atoms with E-state index in [2.05, 4.69) is 20.3 Å². The molecular weight excluding hydrogens is 428 g/mol. The summed E-state index contributed by atoms with van der Waals surface area (Å²) < 4.78 is 17.4. The number of pyridine rings is 1. The molecule has 2 aromatic heterocycles. The number of nitrogens with zero attached hydrogens (tertiary/aromatic N) is 3. The SMILES string of the molecule is Clc1cc(Nc2ncnc3cccc(OC4CCOC4)c23)ccc1OCc1ccccn1. The highest BCUT2D eigenvalue weighted by Gasteiger charge is 2.20. The van der Waals surface area contributed by atoms with Gasteiger partial charge in [0.05, 0.1) is 34.8 Å². The first kappa shape index (κ1) is 20.5. The van der Waals surface area contributed by atoms with Crippen LogP contribution in [0.2, 0.25) is 5.02 Å². The number of ether oxygens (including phenoxy) is 3. The zero-order valence-electron chi connectivity index (χ0n) is 17.2. The first-order valence-corrected chi connectivity index (χ1v) is 10.7. The monoisotopic (exact) mass is 448 g/mol. The van der Waals surface area contributed by atoms with Gasteiger partial charge in [0.1, 0.15) is 36.4 Å². The Balaban J connectivity index is 1.37. The van der Waals surface area contributed by atoms with Crippen LogP contribution in [0.25, 0.3) is 10.9 Å². The van der Waals surface area contributed by atoms with Gasteiger partial charge in [-0.1, -0.05) is 23.7 Å². The molecule has 0 spiro atoms. The second kappa shape index (κ2) is 9.38. The summed E-state index contributed by atoms with van der Waals surface area (Å²) in [7, 11) is 0. The number of hydrogen-bond acceptors (Lipinski definition) is 7. The van der Waals surface area contributed by atoms with Crippen molar-refractivity contribution in [1.82, 2.24) is 15.0 Å². The summed E-state index contributed by atoms with van der Waals surface area (Å²) in [6, 6.07) is 17.0. The molecule has 3 heterocycles. The number of nitrogens with one attached hydrogen (secondary N) is 1. The van der Waals surface area contributed by atoms with Gasteiger partial charge in [0, 0.05) is 18.3 Å². The van der Waals surface area contributed by atoms with E-state index in [0.717, 1.165) is 34.5 Å². The summed E-state index contributed by atoms with van der Waals surface area (Å²) in [6.07, 6.45) is 4.15. The molecule has 2 aromatic carbocycles. The molecule has 32 heavy (non-hydrogen) atoms. The lowest BCUT2D eigenvalue weighted by Crippen LogP contribution is -2.16. The van der Waals surface area contributed by atoms with Crippen LogP contribution >= 0.6 is 11.6 Å². The molecule has 162 valence electrons. The van der Waals surface area contributed by atoms with Crippen molar-refractivity contribution in [2.24, 2.45) is 0 Å². The number of hydrogen-bond donors (Lipinski definition) is 1. The van der Waals surface area contributed by atoms with Crippen LogP contribution in [0.3, 0.4) is 0 Å². The molecular formula is C24H21ClN4O3. The van der Waals surface area contributed by atoms with Crippen LogP contribution in [0.1, 0.15) is 12.1 Å². The fourth-order valence-corrected chi connectivity index (χ4v) is 3.76. The molecule has 5 rings (SSSR count). The third kappa shape index (κ3) is 4.59. The largest absolute Gasteiger partial charge is 0.487 e. The second-order valence-corrected chi connectivity index (χ2v) is 7.76. The molecule has 0 amide bonds. The van der Waals surface area contributed by atoms with E-state index in [1.165, 1.54) is 6.33 Å². The quantitative estimate of drug-likeness (QED) is 0.418. The van der Waals surface area contributed by atoms with Gasteiger partial charge in [0.15, 0.2) is 0 Å². The molecule has 1 atom stereocenters. The van der Waals surface area contributed by atoms with Crippen molar-refractivity contribution < 1.29 is 14.2 Å². The van der Waals surface area contributed by atoms with Crippen molar-refractivity contribution in [1.29, 1.82) is 0 Å². The third-order valence-corrected chi connectivity index (χ3v) is 5.40. The van der Waals surface area contributed by atoms with E-state index in [1.807, 2.05) is 48.5 Å². The Hall–Kier alpha value is -3.42. The molecule has 8 heteroatoms. The predicted molar refractivity (Wildman–Crippen MR) is 123 cm³/mol. The number of halogens is 1. The van der Waals surface area contributed by atoms with Crippen LogP contribution in [-0.4, -0.2) is 34.3 Å². The van der Waals surface area contributed by atoms with Crippen molar-refractivity contribution in [2.45, 2.75) is 19.1 Å². The summed E-state index contributed by atoms with van der Waals surface area (Å²) in [5, 5.41) is 4.64. The molecule has 0 saturated carbocycles. The lowest BCUT2D eigenvalue weighted by Gasteiger charge is -2.16. The Morgan fingerprint density at radius 3 is 2.81 bits per heavy atom. The lowest BCUT2D eigenvalue weighted by molar-refractivity contribution is 0.142. The minimum absolute atomic E-state index is 0.0265. The standard InChI is InChI=1S/C24H21ClN4O3/c25-19-12-16(7-8-21(19)31-13-17-4-1-2-10-26-17)29-24-23-20(27-15-28-24)5-3-6-22(23)32-18-9-11-30-14-18/h1-8,10,12,15,18H,9,11,13-14H2,(H,27,28,29). The molecule has 1 aliphatic rings. The van der Waals surface area contributed by atoms with Gasteiger partial charge in [0.2, 0.25) is 0 Å².